The van der Waals surface area contributed by atoms with Gasteiger partial charge in [0.05, 0.1) is 6.61 Å². The summed E-state index contributed by atoms with van der Waals surface area (Å²) in [5, 5.41) is 0. The van der Waals surface area contributed by atoms with Gasteiger partial charge in [0.25, 0.3) is 0 Å². The zero-order chi connectivity index (χ0) is 12.1. The van der Waals surface area contributed by atoms with Crippen molar-refractivity contribution in [2.75, 3.05) is 13.7 Å². The molecule has 0 aliphatic carbocycles. The molecular formula is C9H14F2O4. The molecule has 0 rings (SSSR count). The summed E-state index contributed by atoms with van der Waals surface area (Å²) in [7, 11) is 1.13. The molecule has 1 unspecified atom stereocenters. The third kappa shape index (κ3) is 3.23. The first-order valence-electron chi connectivity index (χ1n) is 4.53. The van der Waals surface area contributed by atoms with Crippen LogP contribution in [0.5, 0.6) is 0 Å². The largest absolute Gasteiger partial charge is 0.461 e. The molecule has 0 bridgehead atoms. The second-order valence-corrected chi connectivity index (χ2v) is 2.79. The van der Waals surface area contributed by atoms with Gasteiger partial charge < -0.3 is 9.47 Å². The molecule has 4 nitrogen and oxygen atoms in total. The van der Waals surface area contributed by atoms with Gasteiger partial charge in [0, 0.05) is 7.11 Å². The van der Waals surface area contributed by atoms with Crippen molar-refractivity contribution < 1.29 is 27.8 Å². The van der Waals surface area contributed by atoms with E-state index >= 15 is 0 Å². The molecule has 0 saturated heterocycles. The molecule has 1 atom stereocenters. The maximum atomic E-state index is 13.1. The van der Waals surface area contributed by atoms with Gasteiger partial charge in [0.1, 0.15) is 6.10 Å². The number of hydrogen-bond donors (Lipinski definition) is 0. The molecule has 0 saturated carbocycles. The Bertz CT molecular complexity index is 236. The molecule has 0 heterocycles. The number of ether oxygens (including phenoxy) is 2. The fourth-order valence-electron chi connectivity index (χ4n) is 0.984. The molecule has 6 heteroatoms. The van der Waals surface area contributed by atoms with Crippen molar-refractivity contribution in [1.82, 2.24) is 0 Å². The number of Topliss-reactive ketones (excluding diaryl/α,β-unsaturated/α-hetero) is 1. The van der Waals surface area contributed by atoms with Crippen molar-refractivity contribution in [2.24, 2.45) is 0 Å². The number of ketones is 1. The summed E-state index contributed by atoms with van der Waals surface area (Å²) < 4.78 is 34.9. The molecule has 88 valence electrons. The monoisotopic (exact) mass is 224 g/mol. The van der Waals surface area contributed by atoms with E-state index in [-0.39, 0.29) is 13.0 Å². The molecule has 0 aromatic rings. The second-order valence-electron chi connectivity index (χ2n) is 2.79. The standard InChI is InChI=1S/C9H14F2O4/c1-4-6(14-3)7(12)9(10,11)8(13)15-5-2/h6H,4-5H2,1-3H3. The van der Waals surface area contributed by atoms with Gasteiger partial charge in [-0.1, -0.05) is 6.92 Å². The number of alkyl halides is 2. The van der Waals surface area contributed by atoms with E-state index in [0.29, 0.717) is 0 Å². The molecule has 0 aromatic heterocycles. The lowest BCUT2D eigenvalue weighted by atomic mass is 10.1. The summed E-state index contributed by atoms with van der Waals surface area (Å²) in [6.45, 7) is 2.69. The van der Waals surface area contributed by atoms with E-state index in [1.54, 1.807) is 0 Å². The van der Waals surface area contributed by atoms with Crippen molar-refractivity contribution in [3.05, 3.63) is 0 Å². The van der Waals surface area contributed by atoms with Gasteiger partial charge in [0.15, 0.2) is 0 Å². The molecule has 0 radical (unpaired) electrons. The van der Waals surface area contributed by atoms with E-state index in [1.807, 2.05) is 0 Å². The molecule has 0 aromatic carbocycles. The van der Waals surface area contributed by atoms with E-state index < -0.39 is 23.8 Å². The minimum atomic E-state index is -4.13. The molecular weight excluding hydrogens is 210 g/mol. The van der Waals surface area contributed by atoms with Crippen LogP contribution in [0.2, 0.25) is 0 Å². The predicted octanol–water partition coefficient (Wildman–Crippen LogP) is 1.18. The molecule has 15 heavy (non-hydrogen) atoms. The van der Waals surface area contributed by atoms with Crippen LogP contribution < -0.4 is 0 Å². The van der Waals surface area contributed by atoms with Crippen LogP contribution in [0.15, 0.2) is 0 Å². The Labute approximate surface area is 86.5 Å². The van der Waals surface area contributed by atoms with Crippen LogP contribution in [0, 0.1) is 0 Å². The number of carbonyl (C=O) groups is 2. The van der Waals surface area contributed by atoms with E-state index in [2.05, 4.69) is 9.47 Å². The van der Waals surface area contributed by atoms with Crippen molar-refractivity contribution in [1.29, 1.82) is 0 Å². The van der Waals surface area contributed by atoms with E-state index in [4.69, 9.17) is 0 Å². The molecule has 0 aliphatic rings. The minimum Gasteiger partial charge on any atom is -0.461 e. The van der Waals surface area contributed by atoms with Gasteiger partial charge in [-0.3, -0.25) is 4.79 Å². The average Bonchev–Trinajstić information content (AvgIpc) is 2.19. The van der Waals surface area contributed by atoms with Crippen molar-refractivity contribution >= 4 is 11.8 Å². The smallest absolute Gasteiger partial charge is 0.402 e. The first kappa shape index (κ1) is 14.0. The van der Waals surface area contributed by atoms with Crippen LogP contribution in [0.1, 0.15) is 20.3 Å². The Balaban J connectivity index is 4.70. The lowest BCUT2D eigenvalue weighted by molar-refractivity contribution is -0.180. The van der Waals surface area contributed by atoms with E-state index in [1.165, 1.54) is 13.8 Å². The van der Waals surface area contributed by atoms with Gasteiger partial charge in [-0.2, -0.15) is 8.78 Å². The predicted molar refractivity (Wildman–Crippen MR) is 47.7 cm³/mol. The number of esters is 1. The second kappa shape index (κ2) is 5.75. The lowest BCUT2D eigenvalue weighted by Crippen LogP contribution is -2.45. The lowest BCUT2D eigenvalue weighted by Gasteiger charge is -2.18. The van der Waals surface area contributed by atoms with Crippen LogP contribution in [0.3, 0.4) is 0 Å². The summed E-state index contributed by atoms with van der Waals surface area (Å²) >= 11 is 0. The maximum absolute atomic E-state index is 13.1. The highest BCUT2D eigenvalue weighted by atomic mass is 19.3. The Hall–Kier alpha value is -1.04. The van der Waals surface area contributed by atoms with Crippen molar-refractivity contribution in [3.8, 4) is 0 Å². The van der Waals surface area contributed by atoms with E-state index in [0.717, 1.165) is 7.11 Å². The van der Waals surface area contributed by atoms with Crippen LogP contribution in [0.25, 0.3) is 0 Å². The van der Waals surface area contributed by atoms with Crippen LogP contribution in [-0.4, -0.2) is 37.5 Å². The number of methoxy groups -OCH3 is 1. The summed E-state index contributed by atoms with van der Waals surface area (Å²) in [4.78, 5) is 22.0. The van der Waals surface area contributed by atoms with Gasteiger partial charge in [-0.05, 0) is 13.3 Å². The maximum Gasteiger partial charge on any atom is 0.402 e. The fourth-order valence-corrected chi connectivity index (χ4v) is 0.984. The number of hydrogen-bond acceptors (Lipinski definition) is 4. The van der Waals surface area contributed by atoms with Crippen LogP contribution in [-0.2, 0) is 19.1 Å². The van der Waals surface area contributed by atoms with Crippen molar-refractivity contribution in [3.63, 3.8) is 0 Å². The van der Waals surface area contributed by atoms with E-state index in [9.17, 15) is 18.4 Å². The van der Waals surface area contributed by atoms with Gasteiger partial charge >= 0.3 is 11.9 Å². The number of carbonyl (C=O) groups excluding carboxylic acids is 2. The summed E-state index contributed by atoms with van der Waals surface area (Å²) in [5.74, 6) is -7.52. The van der Waals surface area contributed by atoms with Crippen LogP contribution in [0.4, 0.5) is 8.78 Å². The Morgan fingerprint density at radius 3 is 2.20 bits per heavy atom. The van der Waals surface area contributed by atoms with Crippen molar-refractivity contribution in [2.45, 2.75) is 32.3 Å². The molecule has 0 spiro atoms. The highest BCUT2D eigenvalue weighted by Gasteiger charge is 2.51. The molecule has 0 amide bonds. The van der Waals surface area contributed by atoms with Gasteiger partial charge in [-0.25, -0.2) is 4.79 Å². The first-order chi connectivity index (χ1) is 6.91. The third-order valence-corrected chi connectivity index (χ3v) is 1.79. The number of rotatable bonds is 6. The molecule has 0 N–H and O–H groups in total. The highest BCUT2D eigenvalue weighted by molar-refractivity contribution is 6.07. The van der Waals surface area contributed by atoms with Crippen LogP contribution >= 0.6 is 0 Å². The topological polar surface area (TPSA) is 52.6 Å². The average molecular weight is 224 g/mol. The summed E-state index contributed by atoms with van der Waals surface area (Å²) in [6, 6.07) is 0. The summed E-state index contributed by atoms with van der Waals surface area (Å²) in [5.41, 5.74) is 0. The first-order valence-corrected chi connectivity index (χ1v) is 4.53. The Kier molecular flexibility index (Phi) is 5.35. The quantitative estimate of drug-likeness (QED) is 0.502. The SMILES string of the molecule is CCOC(=O)C(F)(F)C(=O)C(CC)OC. The Morgan fingerprint density at radius 1 is 1.33 bits per heavy atom. The highest BCUT2D eigenvalue weighted by Crippen LogP contribution is 2.21. The normalized spacial score (nSPS) is 13.4. The third-order valence-electron chi connectivity index (χ3n) is 1.79. The number of halogens is 2. The Morgan fingerprint density at radius 2 is 1.87 bits per heavy atom. The minimum absolute atomic E-state index is 0.0737. The fraction of sp³-hybridized carbons (Fsp3) is 0.778. The molecule has 0 fully saturated rings. The summed E-state index contributed by atoms with van der Waals surface area (Å²) in [6.07, 6.45) is -1.21. The zero-order valence-corrected chi connectivity index (χ0v) is 8.88. The van der Waals surface area contributed by atoms with Gasteiger partial charge in [0.2, 0.25) is 5.78 Å². The zero-order valence-electron chi connectivity index (χ0n) is 8.88. The molecule has 0 aliphatic heterocycles. The van der Waals surface area contributed by atoms with Gasteiger partial charge in [-0.15, -0.1) is 0 Å².